The van der Waals surface area contributed by atoms with Gasteiger partial charge in [0.15, 0.2) is 6.29 Å². The van der Waals surface area contributed by atoms with E-state index in [9.17, 15) is 9.90 Å². The molecule has 108 valence electrons. The molecule has 0 spiro atoms. The maximum atomic E-state index is 11.2. The van der Waals surface area contributed by atoms with Crippen molar-refractivity contribution in [1.82, 2.24) is 0 Å². The molecule has 0 saturated heterocycles. The van der Waals surface area contributed by atoms with E-state index in [0.717, 1.165) is 29.8 Å². The molecule has 0 unspecified atom stereocenters. The number of phenolic OH excluding ortho intramolecular Hbond substituents is 1. The molecule has 2 heteroatoms. The first-order chi connectivity index (χ1) is 9.31. The molecule has 2 nitrogen and oxygen atoms in total. The monoisotopic (exact) mass is 272 g/mol. The Labute approximate surface area is 121 Å². The van der Waals surface area contributed by atoms with Gasteiger partial charge in [0.2, 0.25) is 0 Å². The first-order valence-electron chi connectivity index (χ1n) is 7.60. The van der Waals surface area contributed by atoms with Crippen LogP contribution >= 0.6 is 0 Å². The van der Waals surface area contributed by atoms with Crippen LogP contribution in [0.5, 0.6) is 5.75 Å². The summed E-state index contributed by atoms with van der Waals surface area (Å²) in [5.41, 5.74) is 3.02. The van der Waals surface area contributed by atoms with Crippen LogP contribution in [0.2, 0.25) is 0 Å². The third-order valence-electron chi connectivity index (χ3n) is 6.61. The lowest BCUT2D eigenvalue weighted by Crippen LogP contribution is -2.31. The van der Waals surface area contributed by atoms with Gasteiger partial charge in [-0.15, -0.1) is 0 Å². The third-order valence-corrected chi connectivity index (χ3v) is 6.61. The maximum absolute atomic E-state index is 11.2. The van der Waals surface area contributed by atoms with Gasteiger partial charge in [-0.25, -0.2) is 0 Å². The Bertz CT molecular complexity index is 573. The second-order valence-electron chi connectivity index (χ2n) is 7.57. The van der Waals surface area contributed by atoms with E-state index in [4.69, 9.17) is 0 Å². The van der Waals surface area contributed by atoms with Crippen LogP contribution in [0.3, 0.4) is 0 Å². The lowest BCUT2D eigenvalue weighted by atomic mass is 9.64. The summed E-state index contributed by atoms with van der Waals surface area (Å²) in [5, 5.41) is 10.5. The largest absolute Gasteiger partial charge is 0.507 e. The van der Waals surface area contributed by atoms with Crippen LogP contribution in [-0.4, -0.2) is 11.4 Å². The zero-order valence-corrected chi connectivity index (χ0v) is 12.9. The van der Waals surface area contributed by atoms with E-state index in [2.05, 4.69) is 26.8 Å². The van der Waals surface area contributed by atoms with E-state index in [1.54, 1.807) is 6.07 Å². The highest BCUT2D eigenvalue weighted by molar-refractivity contribution is 5.80. The van der Waals surface area contributed by atoms with Crippen molar-refractivity contribution in [3.05, 3.63) is 28.8 Å². The fourth-order valence-electron chi connectivity index (χ4n) is 4.87. The minimum absolute atomic E-state index is 0.208. The molecule has 0 aliphatic heterocycles. The average molecular weight is 272 g/mol. The molecular weight excluding hydrogens is 248 g/mol. The first kappa shape index (κ1) is 13.7. The van der Waals surface area contributed by atoms with Crippen molar-refractivity contribution in [2.45, 2.75) is 52.9 Å². The fourth-order valence-corrected chi connectivity index (χ4v) is 4.87. The van der Waals surface area contributed by atoms with Crippen molar-refractivity contribution in [3.8, 4) is 5.75 Å². The molecule has 0 aromatic heterocycles. The number of hydrogen-bond acceptors (Lipinski definition) is 2. The van der Waals surface area contributed by atoms with Gasteiger partial charge < -0.3 is 5.11 Å². The van der Waals surface area contributed by atoms with Gasteiger partial charge in [0, 0.05) is 0 Å². The zero-order chi connectivity index (χ0) is 14.7. The second kappa shape index (κ2) is 4.09. The molecule has 2 bridgehead atoms. The summed E-state index contributed by atoms with van der Waals surface area (Å²) in [5.74, 6) is 1.31. The van der Waals surface area contributed by atoms with Gasteiger partial charge in [-0.05, 0) is 66.0 Å². The predicted octanol–water partition coefficient (Wildman–Crippen LogP) is 4.44. The molecule has 1 N–H and O–H groups in total. The van der Waals surface area contributed by atoms with Crippen LogP contribution in [-0.2, 0) is 0 Å². The Balaban J connectivity index is 2.12. The van der Waals surface area contributed by atoms with Gasteiger partial charge in [-0.3, -0.25) is 4.79 Å². The van der Waals surface area contributed by atoms with E-state index in [1.165, 1.54) is 12.8 Å². The van der Waals surface area contributed by atoms with Crippen molar-refractivity contribution in [2.75, 3.05) is 0 Å². The first-order valence-corrected chi connectivity index (χ1v) is 7.60. The molecule has 3 rings (SSSR count). The molecule has 2 saturated carbocycles. The minimum Gasteiger partial charge on any atom is -0.507 e. The van der Waals surface area contributed by atoms with Gasteiger partial charge in [0.25, 0.3) is 0 Å². The number of aromatic hydroxyl groups is 1. The summed E-state index contributed by atoms with van der Waals surface area (Å²) in [6.07, 6.45) is 4.43. The molecule has 0 heterocycles. The third kappa shape index (κ3) is 1.54. The SMILES string of the molecule is Cc1cc(C=O)c(O)c([C@H]2C[C@@H]3CC[C@@]2(C)C3(C)C)c1. The molecule has 3 atom stereocenters. The number of aryl methyl sites for hydroxylation is 1. The molecule has 0 amide bonds. The smallest absolute Gasteiger partial charge is 0.153 e. The number of rotatable bonds is 2. The molecule has 1 aromatic rings. The number of carbonyl (C=O) groups excluding carboxylic acids is 1. The number of carbonyl (C=O) groups is 1. The van der Waals surface area contributed by atoms with E-state index in [1.807, 2.05) is 6.92 Å². The summed E-state index contributed by atoms with van der Waals surface area (Å²) < 4.78 is 0. The van der Waals surface area contributed by atoms with Crippen molar-refractivity contribution >= 4 is 6.29 Å². The number of aldehydes is 1. The van der Waals surface area contributed by atoms with Gasteiger partial charge in [-0.1, -0.05) is 26.8 Å². The molecule has 2 fully saturated rings. The van der Waals surface area contributed by atoms with Crippen LogP contribution in [0, 0.1) is 23.7 Å². The number of benzene rings is 1. The summed E-state index contributed by atoms with van der Waals surface area (Å²) in [4.78, 5) is 11.2. The highest BCUT2D eigenvalue weighted by Crippen LogP contribution is 2.71. The van der Waals surface area contributed by atoms with E-state index in [0.29, 0.717) is 16.9 Å². The van der Waals surface area contributed by atoms with Gasteiger partial charge >= 0.3 is 0 Å². The van der Waals surface area contributed by atoms with Crippen LogP contribution in [0.25, 0.3) is 0 Å². The van der Waals surface area contributed by atoms with E-state index < -0.39 is 0 Å². The number of phenols is 1. The van der Waals surface area contributed by atoms with E-state index >= 15 is 0 Å². The predicted molar refractivity (Wildman–Crippen MR) is 80.2 cm³/mol. The highest BCUT2D eigenvalue weighted by atomic mass is 16.3. The quantitative estimate of drug-likeness (QED) is 0.808. The van der Waals surface area contributed by atoms with Gasteiger partial charge in [0.05, 0.1) is 5.56 Å². The number of hydrogen-bond donors (Lipinski definition) is 1. The molecule has 20 heavy (non-hydrogen) atoms. The topological polar surface area (TPSA) is 37.3 Å². The summed E-state index contributed by atoms with van der Waals surface area (Å²) in [6.45, 7) is 9.11. The highest BCUT2D eigenvalue weighted by Gasteiger charge is 2.61. The Morgan fingerprint density at radius 1 is 1.30 bits per heavy atom. The average Bonchev–Trinajstić information content (AvgIpc) is 2.73. The lowest BCUT2D eigenvalue weighted by molar-refractivity contribution is 0.111. The van der Waals surface area contributed by atoms with Gasteiger partial charge in [0.1, 0.15) is 5.75 Å². The molecule has 2 aliphatic carbocycles. The van der Waals surface area contributed by atoms with Crippen molar-refractivity contribution in [3.63, 3.8) is 0 Å². The van der Waals surface area contributed by atoms with Crippen molar-refractivity contribution < 1.29 is 9.90 Å². The van der Waals surface area contributed by atoms with E-state index in [-0.39, 0.29) is 11.2 Å². The standard InChI is InChI=1S/C18H24O2/c1-11-7-12(10-19)16(20)14(8-11)15-9-13-5-6-18(15,4)17(13,2)3/h7-8,10,13,15,20H,5-6,9H2,1-4H3/t13-,15+,18+/m0/s1. The summed E-state index contributed by atoms with van der Waals surface area (Å²) in [6, 6.07) is 3.85. The van der Waals surface area contributed by atoms with Crippen LogP contribution in [0.15, 0.2) is 12.1 Å². The van der Waals surface area contributed by atoms with Crippen molar-refractivity contribution in [1.29, 1.82) is 0 Å². The van der Waals surface area contributed by atoms with Crippen LogP contribution < -0.4 is 0 Å². The lowest BCUT2D eigenvalue weighted by Gasteiger charge is -2.40. The summed E-state index contributed by atoms with van der Waals surface area (Å²) >= 11 is 0. The Morgan fingerprint density at radius 3 is 2.50 bits per heavy atom. The van der Waals surface area contributed by atoms with Crippen molar-refractivity contribution in [2.24, 2.45) is 16.7 Å². The minimum atomic E-state index is 0.208. The Kier molecular flexibility index (Phi) is 2.80. The van der Waals surface area contributed by atoms with Crippen LogP contribution in [0.4, 0.5) is 0 Å². The Morgan fingerprint density at radius 2 is 2.00 bits per heavy atom. The van der Waals surface area contributed by atoms with Crippen LogP contribution in [0.1, 0.15) is 67.4 Å². The molecule has 0 radical (unpaired) electrons. The molecule has 1 aromatic carbocycles. The normalized spacial score (nSPS) is 34.4. The number of fused-ring (bicyclic) bond motifs is 2. The molecule has 2 aliphatic rings. The molecular formula is C18H24O2. The zero-order valence-electron chi connectivity index (χ0n) is 12.9. The summed E-state index contributed by atoms with van der Waals surface area (Å²) in [7, 11) is 0. The fraction of sp³-hybridized carbons (Fsp3) is 0.611. The Hall–Kier alpha value is -1.31. The second-order valence-corrected chi connectivity index (χ2v) is 7.57. The maximum Gasteiger partial charge on any atom is 0.153 e. The van der Waals surface area contributed by atoms with Gasteiger partial charge in [-0.2, -0.15) is 0 Å².